The molecule has 4 saturated carbocycles. The normalized spacial score (nSPS) is 40.5. The number of nitrogens with one attached hydrogen (secondary N) is 1. The summed E-state index contributed by atoms with van der Waals surface area (Å²) in [4.78, 5) is 43.1. The number of carbonyl (C=O) groups is 3. The molecule has 0 radical (unpaired) electrons. The van der Waals surface area contributed by atoms with Gasteiger partial charge in [0.25, 0.3) is 5.91 Å². The summed E-state index contributed by atoms with van der Waals surface area (Å²) in [5.74, 6) is 1.22. The van der Waals surface area contributed by atoms with Gasteiger partial charge in [0, 0.05) is 13.6 Å². The van der Waals surface area contributed by atoms with Crippen molar-refractivity contribution in [2.75, 3.05) is 20.1 Å². The largest absolute Gasteiger partial charge is 0.327 e. The molecule has 2 saturated heterocycles. The van der Waals surface area contributed by atoms with E-state index in [9.17, 15) is 14.4 Å². The van der Waals surface area contributed by atoms with Gasteiger partial charge in [-0.3, -0.25) is 14.5 Å². The summed E-state index contributed by atoms with van der Waals surface area (Å²) >= 11 is 0. The number of Topliss-reactive ketones (excluding diaryl/α,β-unsaturated/α-hetero) is 1. The minimum absolute atomic E-state index is 0.00171. The summed E-state index contributed by atoms with van der Waals surface area (Å²) in [5, 5.41) is 3.46. The van der Waals surface area contributed by atoms with Crippen LogP contribution in [0.4, 0.5) is 4.79 Å². The van der Waals surface area contributed by atoms with E-state index in [1.54, 1.807) is 11.9 Å². The molecule has 1 spiro atoms. The molecule has 2 bridgehead atoms. The van der Waals surface area contributed by atoms with Crippen LogP contribution in [-0.2, 0) is 9.59 Å². The maximum Gasteiger partial charge on any atom is 0.327 e. The number of carbonyl (C=O) groups excluding carboxylic acids is 3. The van der Waals surface area contributed by atoms with Crippen molar-refractivity contribution in [2.45, 2.75) is 96.6 Å². The van der Waals surface area contributed by atoms with Gasteiger partial charge in [-0.25, -0.2) is 4.79 Å². The quantitative estimate of drug-likeness (QED) is 0.667. The molecule has 6 aliphatic rings. The molecule has 6 rings (SSSR count). The first-order chi connectivity index (χ1) is 15.1. The van der Waals surface area contributed by atoms with E-state index in [0.717, 1.165) is 38.1 Å². The van der Waals surface area contributed by atoms with Gasteiger partial charge < -0.3 is 10.2 Å². The van der Waals surface area contributed by atoms with E-state index in [1.165, 1.54) is 43.4 Å². The van der Waals surface area contributed by atoms with Gasteiger partial charge >= 0.3 is 6.03 Å². The molecule has 6 fully saturated rings. The fourth-order valence-electron chi connectivity index (χ4n) is 8.18. The van der Waals surface area contributed by atoms with Crippen molar-refractivity contribution in [3.8, 4) is 0 Å². The van der Waals surface area contributed by atoms with Gasteiger partial charge in [-0.15, -0.1) is 0 Å². The van der Waals surface area contributed by atoms with Crippen LogP contribution in [0.3, 0.4) is 0 Å². The molecule has 6 heteroatoms. The van der Waals surface area contributed by atoms with Gasteiger partial charge in [0.15, 0.2) is 5.78 Å². The highest BCUT2D eigenvalue weighted by Crippen LogP contribution is 2.64. The lowest BCUT2D eigenvalue weighted by Crippen LogP contribution is -2.63. The summed E-state index contributed by atoms with van der Waals surface area (Å²) in [7, 11) is 1.76. The van der Waals surface area contributed by atoms with Gasteiger partial charge in [-0.2, -0.15) is 0 Å². The van der Waals surface area contributed by atoms with E-state index in [-0.39, 0.29) is 47.1 Å². The minimum atomic E-state index is -0.837. The molecular weight excluding hydrogens is 402 g/mol. The molecule has 6 nitrogen and oxygen atoms in total. The lowest BCUT2D eigenvalue weighted by atomic mass is 9.43. The maximum atomic E-state index is 13.7. The zero-order chi connectivity index (χ0) is 22.9. The SMILES string of the molecule is CN1C(=O)N(CC(=O)C2CC3(CCCCCC3)CN2)C(=O)[C@]1(C)[C@H]1CC[C@H]2C[C@@H]1C2(C)C. The van der Waals surface area contributed by atoms with E-state index < -0.39 is 5.54 Å². The van der Waals surface area contributed by atoms with Crippen LogP contribution in [0.2, 0.25) is 0 Å². The lowest BCUT2D eigenvalue weighted by Gasteiger charge is -2.63. The summed E-state index contributed by atoms with van der Waals surface area (Å²) in [6, 6.07) is -0.529. The Labute approximate surface area is 192 Å². The molecule has 0 aromatic carbocycles. The molecule has 1 unspecified atom stereocenters. The third-order valence-electron chi connectivity index (χ3n) is 10.7. The third kappa shape index (κ3) is 3.11. The van der Waals surface area contributed by atoms with Crippen molar-refractivity contribution in [2.24, 2.45) is 28.6 Å². The third-order valence-corrected chi connectivity index (χ3v) is 10.7. The smallest absolute Gasteiger partial charge is 0.313 e. The predicted octanol–water partition coefficient (Wildman–Crippen LogP) is 3.98. The molecular formula is C26H41N3O3. The highest BCUT2D eigenvalue weighted by atomic mass is 16.2. The Bertz CT molecular complexity index is 813. The number of hydrogen-bond acceptors (Lipinski definition) is 4. The second kappa shape index (κ2) is 7.54. The van der Waals surface area contributed by atoms with E-state index in [4.69, 9.17) is 0 Å². The molecule has 0 aromatic heterocycles. The van der Waals surface area contributed by atoms with Crippen molar-refractivity contribution in [1.82, 2.24) is 15.1 Å². The number of imide groups is 1. The van der Waals surface area contributed by atoms with Crippen LogP contribution in [0, 0.1) is 28.6 Å². The molecule has 178 valence electrons. The van der Waals surface area contributed by atoms with Crippen LogP contribution in [0.15, 0.2) is 0 Å². The summed E-state index contributed by atoms with van der Waals surface area (Å²) in [6.07, 6.45) is 11.6. The Morgan fingerprint density at radius 3 is 2.34 bits per heavy atom. The van der Waals surface area contributed by atoms with Crippen molar-refractivity contribution in [3.05, 3.63) is 0 Å². The first kappa shape index (κ1) is 22.4. The number of rotatable bonds is 4. The van der Waals surface area contributed by atoms with E-state index >= 15 is 0 Å². The van der Waals surface area contributed by atoms with Crippen LogP contribution in [0.1, 0.15) is 85.0 Å². The second-order valence-electron chi connectivity index (χ2n) is 12.4. The van der Waals surface area contributed by atoms with Crippen molar-refractivity contribution in [1.29, 1.82) is 0 Å². The summed E-state index contributed by atoms with van der Waals surface area (Å²) in [5.41, 5.74) is -0.369. The molecule has 3 amide bonds. The Morgan fingerprint density at radius 1 is 1.03 bits per heavy atom. The van der Waals surface area contributed by atoms with Crippen LogP contribution in [0.25, 0.3) is 0 Å². The number of urea groups is 1. The Hall–Kier alpha value is -1.43. The van der Waals surface area contributed by atoms with Gasteiger partial charge in [-0.1, -0.05) is 39.5 Å². The standard InChI is InChI=1S/C26H41N3O3/c1-24(2)17-9-10-18(19(24)13-17)25(3)22(31)29(23(32)28(25)4)15-21(30)20-14-26(16-27-20)11-7-5-6-8-12-26/h17-20,27H,5-16H2,1-4H3/t17-,18-,19-,20?,25-/m0/s1. The Balaban J connectivity index is 1.29. The number of fused-ring (bicyclic) bond motifs is 2. The molecule has 1 N–H and O–H groups in total. The predicted molar refractivity (Wildman–Crippen MR) is 123 cm³/mol. The monoisotopic (exact) mass is 443 g/mol. The van der Waals surface area contributed by atoms with Gasteiger partial charge in [-0.05, 0) is 74.0 Å². The highest BCUT2D eigenvalue weighted by Gasteiger charge is 2.65. The zero-order valence-corrected chi connectivity index (χ0v) is 20.4. The van der Waals surface area contributed by atoms with Crippen molar-refractivity contribution >= 4 is 17.7 Å². The fraction of sp³-hybridized carbons (Fsp3) is 0.885. The van der Waals surface area contributed by atoms with Crippen LogP contribution in [0.5, 0.6) is 0 Å². The van der Waals surface area contributed by atoms with Crippen LogP contribution in [-0.4, -0.2) is 59.2 Å². The van der Waals surface area contributed by atoms with Crippen molar-refractivity contribution in [3.63, 3.8) is 0 Å². The number of nitrogens with zero attached hydrogens (tertiary/aromatic N) is 2. The Kier molecular flexibility index (Phi) is 5.27. The average molecular weight is 444 g/mol. The summed E-state index contributed by atoms with van der Waals surface area (Å²) in [6.45, 7) is 7.39. The number of ketones is 1. The average Bonchev–Trinajstić information content (AvgIpc) is 3.14. The first-order valence-corrected chi connectivity index (χ1v) is 13.0. The van der Waals surface area contributed by atoms with Crippen molar-refractivity contribution < 1.29 is 14.4 Å². The maximum absolute atomic E-state index is 13.7. The van der Waals surface area contributed by atoms with Gasteiger partial charge in [0.2, 0.25) is 0 Å². The van der Waals surface area contributed by atoms with Gasteiger partial charge in [0.05, 0.1) is 12.6 Å². The van der Waals surface area contributed by atoms with E-state index in [2.05, 4.69) is 19.2 Å². The summed E-state index contributed by atoms with van der Waals surface area (Å²) < 4.78 is 0. The molecule has 2 heterocycles. The zero-order valence-electron chi connectivity index (χ0n) is 20.4. The Morgan fingerprint density at radius 2 is 1.72 bits per heavy atom. The molecule has 32 heavy (non-hydrogen) atoms. The topological polar surface area (TPSA) is 69.7 Å². The molecule has 2 aliphatic heterocycles. The number of likely N-dealkylation sites (N-methyl/N-ethyl adjacent to an activating group) is 1. The highest BCUT2D eigenvalue weighted by molar-refractivity contribution is 6.09. The minimum Gasteiger partial charge on any atom is -0.313 e. The molecule has 4 aliphatic carbocycles. The fourth-order valence-corrected chi connectivity index (χ4v) is 8.18. The van der Waals surface area contributed by atoms with Gasteiger partial charge in [0.1, 0.15) is 5.54 Å². The van der Waals surface area contributed by atoms with E-state index in [1.807, 2.05) is 6.92 Å². The molecule has 0 aromatic rings. The van der Waals surface area contributed by atoms with E-state index in [0.29, 0.717) is 5.92 Å². The number of amides is 3. The molecule has 5 atom stereocenters. The second-order valence-corrected chi connectivity index (χ2v) is 12.4. The number of hydrogen-bond donors (Lipinski definition) is 1. The first-order valence-electron chi connectivity index (χ1n) is 13.0. The lowest BCUT2D eigenvalue weighted by molar-refractivity contribution is -0.157. The van der Waals surface area contributed by atoms with Crippen LogP contribution < -0.4 is 5.32 Å². The van der Waals surface area contributed by atoms with Crippen LogP contribution >= 0.6 is 0 Å².